The molecule has 2 fully saturated rings. The van der Waals surface area contributed by atoms with Crippen LogP contribution >= 0.6 is 0 Å². The summed E-state index contributed by atoms with van der Waals surface area (Å²) in [6.45, 7) is 8.88. The molecule has 1 heterocycles. The zero-order chi connectivity index (χ0) is 14.0. The third kappa shape index (κ3) is 2.96. The van der Waals surface area contributed by atoms with Gasteiger partial charge in [-0.1, -0.05) is 47.0 Å². The fourth-order valence-corrected chi connectivity index (χ4v) is 3.74. The molecule has 3 nitrogen and oxygen atoms in total. The van der Waals surface area contributed by atoms with E-state index in [4.69, 9.17) is 0 Å². The smallest absolute Gasteiger partial charge is 0.241 e. The van der Waals surface area contributed by atoms with Gasteiger partial charge >= 0.3 is 0 Å². The molecule has 3 heteroatoms. The van der Waals surface area contributed by atoms with E-state index in [1.807, 2.05) is 0 Å². The maximum atomic E-state index is 12.7. The summed E-state index contributed by atoms with van der Waals surface area (Å²) in [4.78, 5) is 14.9. The Kier molecular flexibility index (Phi) is 4.88. The number of amides is 1. The van der Waals surface area contributed by atoms with Crippen LogP contribution in [0.2, 0.25) is 0 Å². The van der Waals surface area contributed by atoms with Crippen LogP contribution in [-0.4, -0.2) is 29.1 Å². The van der Waals surface area contributed by atoms with Crippen LogP contribution in [-0.2, 0) is 4.79 Å². The Hall–Kier alpha value is -0.570. The number of nitrogens with zero attached hydrogens (tertiary/aromatic N) is 1. The van der Waals surface area contributed by atoms with Gasteiger partial charge in [0.2, 0.25) is 5.91 Å². The van der Waals surface area contributed by atoms with Crippen molar-refractivity contribution >= 4 is 5.91 Å². The van der Waals surface area contributed by atoms with E-state index in [0.29, 0.717) is 23.8 Å². The van der Waals surface area contributed by atoms with Gasteiger partial charge in [-0.2, -0.15) is 0 Å². The van der Waals surface area contributed by atoms with Gasteiger partial charge in [-0.15, -0.1) is 0 Å². The average molecular weight is 266 g/mol. The minimum atomic E-state index is 0.0443. The molecule has 1 saturated carbocycles. The molecule has 4 unspecified atom stereocenters. The molecule has 0 bridgehead atoms. The van der Waals surface area contributed by atoms with E-state index in [1.54, 1.807) is 0 Å². The number of nitrogens with one attached hydrogen (secondary N) is 1. The Morgan fingerprint density at radius 2 is 1.95 bits per heavy atom. The predicted octanol–water partition coefficient (Wildman–Crippen LogP) is 3.15. The highest BCUT2D eigenvalue weighted by Gasteiger charge is 2.44. The summed E-state index contributed by atoms with van der Waals surface area (Å²) in [5.41, 5.74) is 0. The molecule has 1 N–H and O–H groups in total. The van der Waals surface area contributed by atoms with E-state index >= 15 is 0 Å². The van der Waals surface area contributed by atoms with Crippen LogP contribution in [0.25, 0.3) is 0 Å². The van der Waals surface area contributed by atoms with Crippen LogP contribution in [0, 0.1) is 11.8 Å². The van der Waals surface area contributed by atoms with Gasteiger partial charge in [-0.3, -0.25) is 10.1 Å². The fraction of sp³-hybridized carbons (Fsp3) is 0.938. The first kappa shape index (κ1) is 14.8. The van der Waals surface area contributed by atoms with Gasteiger partial charge in [0, 0.05) is 6.04 Å². The molecule has 1 aliphatic heterocycles. The summed E-state index contributed by atoms with van der Waals surface area (Å²) < 4.78 is 0. The summed E-state index contributed by atoms with van der Waals surface area (Å²) in [6, 6.07) is 0.495. The highest BCUT2D eigenvalue weighted by atomic mass is 16.2. The quantitative estimate of drug-likeness (QED) is 0.796. The standard InChI is InChI=1S/C16H30N2O/c1-5-13-16(19)18(15(17-13)11(2)3)14-10-8-6-7-9-12(14)4/h11-15,17H,5-10H2,1-4H3. The van der Waals surface area contributed by atoms with Crippen molar-refractivity contribution in [3.8, 4) is 0 Å². The molecule has 0 radical (unpaired) electrons. The van der Waals surface area contributed by atoms with Crippen molar-refractivity contribution in [3.63, 3.8) is 0 Å². The third-order valence-corrected chi connectivity index (χ3v) is 4.94. The number of hydrogen-bond acceptors (Lipinski definition) is 2. The van der Waals surface area contributed by atoms with Crippen LogP contribution in [0.15, 0.2) is 0 Å². The zero-order valence-electron chi connectivity index (χ0n) is 13.0. The molecule has 2 aliphatic rings. The van der Waals surface area contributed by atoms with Crippen LogP contribution < -0.4 is 5.32 Å². The van der Waals surface area contributed by atoms with Crippen LogP contribution in [0.5, 0.6) is 0 Å². The zero-order valence-corrected chi connectivity index (χ0v) is 13.0. The van der Waals surface area contributed by atoms with E-state index < -0.39 is 0 Å². The van der Waals surface area contributed by atoms with Crippen molar-refractivity contribution < 1.29 is 4.79 Å². The number of carbonyl (C=O) groups is 1. The molecule has 0 aromatic heterocycles. The largest absolute Gasteiger partial charge is 0.322 e. The van der Waals surface area contributed by atoms with Crippen molar-refractivity contribution in [1.29, 1.82) is 0 Å². The van der Waals surface area contributed by atoms with Crippen molar-refractivity contribution in [1.82, 2.24) is 10.2 Å². The number of rotatable bonds is 3. The van der Waals surface area contributed by atoms with Crippen molar-refractivity contribution in [3.05, 3.63) is 0 Å². The predicted molar refractivity (Wildman–Crippen MR) is 78.7 cm³/mol. The lowest BCUT2D eigenvalue weighted by atomic mass is 9.94. The monoisotopic (exact) mass is 266 g/mol. The lowest BCUT2D eigenvalue weighted by Crippen LogP contribution is -2.49. The van der Waals surface area contributed by atoms with Gasteiger partial charge in [-0.05, 0) is 31.1 Å². The third-order valence-electron chi connectivity index (χ3n) is 4.94. The second-order valence-electron chi connectivity index (χ2n) is 6.74. The summed E-state index contributed by atoms with van der Waals surface area (Å²) in [6.07, 6.45) is 7.55. The van der Waals surface area contributed by atoms with E-state index in [2.05, 4.69) is 37.9 Å². The summed E-state index contributed by atoms with van der Waals surface area (Å²) in [5.74, 6) is 1.47. The van der Waals surface area contributed by atoms with Gasteiger partial charge in [0.25, 0.3) is 0 Å². The maximum Gasteiger partial charge on any atom is 0.241 e. The van der Waals surface area contributed by atoms with Crippen LogP contribution in [0.3, 0.4) is 0 Å². The van der Waals surface area contributed by atoms with Crippen molar-refractivity contribution in [2.24, 2.45) is 11.8 Å². The summed E-state index contributed by atoms with van der Waals surface area (Å²) in [5, 5.41) is 3.55. The highest BCUT2D eigenvalue weighted by Crippen LogP contribution is 2.32. The van der Waals surface area contributed by atoms with E-state index in [-0.39, 0.29) is 12.2 Å². The second kappa shape index (κ2) is 6.25. The minimum Gasteiger partial charge on any atom is -0.322 e. The van der Waals surface area contributed by atoms with Crippen LogP contribution in [0.4, 0.5) is 0 Å². The first-order chi connectivity index (χ1) is 9.06. The molecule has 1 amide bonds. The van der Waals surface area contributed by atoms with Gasteiger partial charge in [-0.25, -0.2) is 0 Å². The summed E-state index contributed by atoms with van der Waals surface area (Å²) in [7, 11) is 0. The molecular formula is C16H30N2O. The Morgan fingerprint density at radius 1 is 1.26 bits per heavy atom. The lowest BCUT2D eigenvalue weighted by molar-refractivity contribution is -0.134. The van der Waals surface area contributed by atoms with E-state index in [0.717, 1.165) is 6.42 Å². The van der Waals surface area contributed by atoms with Gasteiger partial charge < -0.3 is 4.90 Å². The molecule has 0 aromatic rings. The molecule has 1 aliphatic carbocycles. The topological polar surface area (TPSA) is 32.3 Å². The molecular weight excluding hydrogens is 236 g/mol. The maximum absolute atomic E-state index is 12.7. The van der Waals surface area contributed by atoms with E-state index in [9.17, 15) is 4.79 Å². The SMILES string of the molecule is CCC1NC(C(C)C)N(C2CCCCCC2C)C1=O. The molecule has 19 heavy (non-hydrogen) atoms. The Balaban J connectivity index is 2.20. The Labute approximate surface area is 118 Å². The average Bonchev–Trinajstić information content (AvgIpc) is 2.55. The normalized spacial score (nSPS) is 36.9. The minimum absolute atomic E-state index is 0.0443. The van der Waals surface area contributed by atoms with Gasteiger partial charge in [0.05, 0.1) is 12.2 Å². The van der Waals surface area contributed by atoms with Gasteiger partial charge in [0.1, 0.15) is 0 Å². The second-order valence-corrected chi connectivity index (χ2v) is 6.74. The molecule has 0 spiro atoms. The van der Waals surface area contributed by atoms with Crippen molar-refractivity contribution in [2.75, 3.05) is 0 Å². The van der Waals surface area contributed by atoms with Crippen LogP contribution in [0.1, 0.15) is 66.2 Å². The highest BCUT2D eigenvalue weighted by molar-refractivity contribution is 5.84. The first-order valence-electron chi connectivity index (χ1n) is 8.14. The lowest BCUT2D eigenvalue weighted by Gasteiger charge is -2.37. The Morgan fingerprint density at radius 3 is 2.58 bits per heavy atom. The Bertz CT molecular complexity index is 316. The molecule has 0 aromatic carbocycles. The first-order valence-corrected chi connectivity index (χ1v) is 8.14. The molecule has 2 rings (SSSR count). The fourth-order valence-electron chi connectivity index (χ4n) is 3.74. The molecule has 110 valence electrons. The number of hydrogen-bond donors (Lipinski definition) is 1. The molecule has 1 saturated heterocycles. The summed E-state index contributed by atoms with van der Waals surface area (Å²) >= 11 is 0. The molecule has 4 atom stereocenters. The van der Waals surface area contributed by atoms with Crippen molar-refractivity contribution in [2.45, 2.75) is 84.5 Å². The number of carbonyl (C=O) groups excluding carboxylic acids is 1. The van der Waals surface area contributed by atoms with Gasteiger partial charge in [0.15, 0.2) is 0 Å². The van der Waals surface area contributed by atoms with E-state index in [1.165, 1.54) is 32.1 Å².